The van der Waals surface area contributed by atoms with Gasteiger partial charge in [0.1, 0.15) is 0 Å². The topological polar surface area (TPSA) is 44.2 Å². The molecule has 0 saturated carbocycles. The van der Waals surface area contributed by atoms with E-state index in [4.69, 9.17) is 0 Å². The molecule has 0 bridgehead atoms. The second-order valence-electron chi connectivity index (χ2n) is 0.577. The monoisotopic (exact) mass is 77.1 g/mol. The van der Waals surface area contributed by atoms with Gasteiger partial charge < -0.3 is 10.9 Å². The van der Waals surface area contributed by atoms with Crippen molar-refractivity contribution in [1.29, 1.82) is 0 Å². The fourth-order valence-electron chi connectivity index (χ4n) is 0. The summed E-state index contributed by atoms with van der Waals surface area (Å²) in [7, 11) is 1.68. The highest BCUT2D eigenvalue weighted by molar-refractivity contribution is 3.94. The zero-order chi connectivity index (χ0) is 3.41. The third kappa shape index (κ3) is 17.1. The van der Waals surface area contributed by atoms with E-state index in [2.05, 4.69) is 4.74 Å². The van der Waals surface area contributed by atoms with Crippen LogP contribution >= 0.6 is 0 Å². The maximum Gasteiger partial charge on any atom is 0.0433 e. The molecule has 0 aliphatic rings. The van der Waals surface area contributed by atoms with E-state index in [1.807, 2.05) is 6.92 Å². The zero-order valence-electron chi connectivity index (χ0n) is 3.82. The molecule has 3 N–H and O–H groups in total. The SMILES string of the molecule is CCOC.N. The molecule has 0 aromatic heterocycles. The van der Waals surface area contributed by atoms with Crippen molar-refractivity contribution in [3.8, 4) is 0 Å². The molecule has 5 heavy (non-hydrogen) atoms. The third-order valence-corrected chi connectivity index (χ3v) is 0.289. The van der Waals surface area contributed by atoms with Crippen LogP contribution in [0, 0.1) is 0 Å². The van der Waals surface area contributed by atoms with Crippen LogP contribution in [0.1, 0.15) is 6.92 Å². The molecular formula is C3H11NO. The van der Waals surface area contributed by atoms with Crippen LogP contribution in [0.3, 0.4) is 0 Å². The summed E-state index contributed by atoms with van der Waals surface area (Å²) < 4.78 is 4.54. The maximum absolute atomic E-state index is 4.54. The Morgan fingerprint density at radius 1 is 1.60 bits per heavy atom. The first kappa shape index (κ1) is 8.87. The van der Waals surface area contributed by atoms with Gasteiger partial charge >= 0.3 is 0 Å². The Labute approximate surface area is 32.7 Å². The lowest BCUT2D eigenvalue weighted by molar-refractivity contribution is 0.215. The summed E-state index contributed by atoms with van der Waals surface area (Å²) in [6.45, 7) is 2.78. The number of hydrogen-bond acceptors (Lipinski definition) is 2. The van der Waals surface area contributed by atoms with Gasteiger partial charge in [0.2, 0.25) is 0 Å². The van der Waals surface area contributed by atoms with E-state index in [1.54, 1.807) is 7.11 Å². The second-order valence-corrected chi connectivity index (χ2v) is 0.577. The van der Waals surface area contributed by atoms with Crippen LogP contribution in [0.15, 0.2) is 0 Å². The highest BCUT2D eigenvalue weighted by atomic mass is 16.5. The van der Waals surface area contributed by atoms with E-state index in [1.165, 1.54) is 0 Å². The summed E-state index contributed by atoms with van der Waals surface area (Å²) in [4.78, 5) is 0. The normalized spacial score (nSPS) is 6.00. The largest absolute Gasteiger partial charge is 0.385 e. The van der Waals surface area contributed by atoms with Gasteiger partial charge in [-0.25, -0.2) is 0 Å². The molecule has 0 aromatic rings. The first-order valence-corrected chi connectivity index (χ1v) is 1.40. The Kier molecular flexibility index (Phi) is 16.1. The van der Waals surface area contributed by atoms with Crippen LogP contribution in [-0.4, -0.2) is 13.7 Å². The molecule has 2 heteroatoms. The quantitative estimate of drug-likeness (QED) is 0.503. The lowest BCUT2D eigenvalue weighted by Crippen LogP contribution is -1.73. The predicted molar refractivity (Wildman–Crippen MR) is 22.6 cm³/mol. The van der Waals surface area contributed by atoms with Crippen LogP contribution in [0.5, 0.6) is 0 Å². The zero-order valence-corrected chi connectivity index (χ0v) is 3.82. The van der Waals surface area contributed by atoms with E-state index < -0.39 is 0 Å². The highest BCUT2D eigenvalue weighted by Gasteiger charge is 1.51. The van der Waals surface area contributed by atoms with Crippen LogP contribution in [-0.2, 0) is 4.74 Å². The lowest BCUT2D eigenvalue weighted by Gasteiger charge is -1.76. The highest BCUT2D eigenvalue weighted by Crippen LogP contribution is 1.52. The molecule has 34 valence electrons. The number of ether oxygens (including phenoxy) is 1. The molecule has 2 nitrogen and oxygen atoms in total. The van der Waals surface area contributed by atoms with Gasteiger partial charge in [0.05, 0.1) is 0 Å². The summed E-state index contributed by atoms with van der Waals surface area (Å²) in [5.41, 5.74) is 0. The molecule has 0 heterocycles. The number of rotatable bonds is 1. The van der Waals surface area contributed by atoms with Crippen LogP contribution in [0.25, 0.3) is 0 Å². The van der Waals surface area contributed by atoms with Crippen molar-refractivity contribution in [1.82, 2.24) is 6.15 Å². The summed E-state index contributed by atoms with van der Waals surface area (Å²) >= 11 is 0. The Balaban J connectivity index is 0. The lowest BCUT2D eigenvalue weighted by atomic mass is 10.9. The summed E-state index contributed by atoms with van der Waals surface area (Å²) in [6, 6.07) is 0. The molecule has 0 aliphatic carbocycles. The Hall–Kier alpha value is -0.0800. The molecule has 0 radical (unpaired) electrons. The second kappa shape index (κ2) is 9.07. The molecule has 0 saturated heterocycles. The minimum absolute atomic E-state index is 0. The van der Waals surface area contributed by atoms with Gasteiger partial charge in [0.15, 0.2) is 0 Å². The van der Waals surface area contributed by atoms with Gasteiger partial charge in [-0.3, -0.25) is 0 Å². The number of hydrogen-bond donors (Lipinski definition) is 1. The van der Waals surface area contributed by atoms with Crippen LogP contribution in [0.2, 0.25) is 0 Å². The van der Waals surface area contributed by atoms with Crippen LogP contribution in [0.4, 0.5) is 0 Å². The van der Waals surface area contributed by atoms with E-state index in [0.29, 0.717) is 0 Å². The standard InChI is InChI=1S/C3H8O.H3N/c1-3-4-2;/h3H2,1-2H3;1H3. The van der Waals surface area contributed by atoms with Gasteiger partial charge in [-0.1, -0.05) is 0 Å². The Morgan fingerprint density at radius 3 is 1.80 bits per heavy atom. The average Bonchev–Trinajstić information content (AvgIpc) is 1.37. The number of methoxy groups -OCH3 is 1. The van der Waals surface area contributed by atoms with Crippen molar-refractivity contribution < 1.29 is 4.74 Å². The van der Waals surface area contributed by atoms with Crippen molar-refractivity contribution in [3.63, 3.8) is 0 Å². The molecule has 0 amide bonds. The van der Waals surface area contributed by atoms with Gasteiger partial charge in [0, 0.05) is 13.7 Å². The van der Waals surface area contributed by atoms with Crippen molar-refractivity contribution in [3.05, 3.63) is 0 Å². The molecule has 0 aliphatic heterocycles. The summed E-state index contributed by atoms with van der Waals surface area (Å²) in [6.07, 6.45) is 0. The fourth-order valence-corrected chi connectivity index (χ4v) is 0. The van der Waals surface area contributed by atoms with E-state index in [9.17, 15) is 0 Å². The van der Waals surface area contributed by atoms with Gasteiger partial charge in [0.25, 0.3) is 0 Å². The molecule has 0 fully saturated rings. The van der Waals surface area contributed by atoms with E-state index in [-0.39, 0.29) is 6.15 Å². The van der Waals surface area contributed by atoms with Crippen molar-refractivity contribution in [2.45, 2.75) is 6.92 Å². The maximum atomic E-state index is 4.54. The van der Waals surface area contributed by atoms with Gasteiger partial charge in [-0.2, -0.15) is 0 Å². The first-order valence-electron chi connectivity index (χ1n) is 1.40. The van der Waals surface area contributed by atoms with E-state index in [0.717, 1.165) is 6.61 Å². The van der Waals surface area contributed by atoms with Crippen molar-refractivity contribution in [2.75, 3.05) is 13.7 Å². The average molecular weight is 77.1 g/mol. The first-order chi connectivity index (χ1) is 1.91. The third-order valence-electron chi connectivity index (χ3n) is 0.289. The Morgan fingerprint density at radius 2 is 1.80 bits per heavy atom. The van der Waals surface area contributed by atoms with Gasteiger partial charge in [-0.15, -0.1) is 0 Å². The van der Waals surface area contributed by atoms with E-state index >= 15 is 0 Å². The van der Waals surface area contributed by atoms with Crippen molar-refractivity contribution in [2.24, 2.45) is 0 Å². The molecule has 0 aromatic carbocycles. The molecule has 0 unspecified atom stereocenters. The van der Waals surface area contributed by atoms with Crippen molar-refractivity contribution >= 4 is 0 Å². The summed E-state index contributed by atoms with van der Waals surface area (Å²) in [5.74, 6) is 0. The van der Waals surface area contributed by atoms with Crippen LogP contribution < -0.4 is 6.15 Å². The predicted octanol–water partition coefficient (Wildman–Crippen LogP) is 0.815. The Bertz CT molecular complexity index is 8.85. The fraction of sp³-hybridized carbons (Fsp3) is 1.00. The molecule has 0 spiro atoms. The van der Waals surface area contributed by atoms with Gasteiger partial charge in [-0.05, 0) is 6.92 Å². The summed E-state index contributed by atoms with van der Waals surface area (Å²) in [5, 5.41) is 0. The minimum atomic E-state index is 0. The molecular weight excluding hydrogens is 66.0 g/mol. The molecule has 0 atom stereocenters. The molecule has 0 rings (SSSR count). The smallest absolute Gasteiger partial charge is 0.0433 e. The minimum Gasteiger partial charge on any atom is -0.385 e.